The molecule has 0 aliphatic carbocycles. The van der Waals surface area contributed by atoms with E-state index in [4.69, 9.17) is 0 Å². The van der Waals surface area contributed by atoms with Crippen LogP contribution in [0, 0.1) is 5.82 Å². The lowest BCUT2D eigenvalue weighted by Gasteiger charge is -2.25. The van der Waals surface area contributed by atoms with E-state index in [1.165, 1.54) is 17.0 Å². The summed E-state index contributed by atoms with van der Waals surface area (Å²) in [6.07, 6.45) is 2.87. The lowest BCUT2D eigenvalue weighted by atomic mass is 10.1. The molecule has 3 heterocycles. The van der Waals surface area contributed by atoms with Crippen LogP contribution in [0.25, 0.3) is 5.69 Å². The normalized spacial score (nSPS) is 13.8. The molecule has 4 rings (SSSR count). The van der Waals surface area contributed by atoms with E-state index in [0.717, 1.165) is 17.8 Å². The molecule has 0 fully saturated rings. The number of rotatable bonds is 3. The molecule has 1 aliphatic heterocycles. The Kier molecular flexibility index (Phi) is 3.86. The summed E-state index contributed by atoms with van der Waals surface area (Å²) in [5.74, 6) is -0.216. The number of nitrogens with zero attached hydrogens (tertiary/aromatic N) is 4. The smallest absolute Gasteiger partial charge is 0.228 e. The van der Waals surface area contributed by atoms with Crippen LogP contribution >= 0.6 is 11.3 Å². The summed E-state index contributed by atoms with van der Waals surface area (Å²) in [6.45, 7) is 1.34. The van der Waals surface area contributed by atoms with Crippen LogP contribution < -0.4 is 0 Å². The van der Waals surface area contributed by atoms with Gasteiger partial charge in [0.25, 0.3) is 0 Å². The topological polar surface area (TPSA) is 51.0 Å². The zero-order valence-corrected chi connectivity index (χ0v) is 13.7. The van der Waals surface area contributed by atoms with Crippen LogP contribution in [0.4, 0.5) is 4.39 Å². The quantitative estimate of drug-likeness (QED) is 0.735. The third-order valence-electron chi connectivity index (χ3n) is 4.10. The van der Waals surface area contributed by atoms with Crippen molar-refractivity contribution in [3.63, 3.8) is 0 Å². The van der Waals surface area contributed by atoms with Gasteiger partial charge < -0.3 is 4.90 Å². The molecule has 24 heavy (non-hydrogen) atoms. The number of benzene rings is 1. The molecule has 5 nitrogen and oxygen atoms in total. The lowest BCUT2D eigenvalue weighted by Crippen LogP contribution is -2.36. The van der Waals surface area contributed by atoms with Gasteiger partial charge in [0, 0.05) is 24.0 Å². The molecule has 122 valence electrons. The van der Waals surface area contributed by atoms with E-state index < -0.39 is 0 Å². The number of carbonyl (C=O) groups excluding carboxylic acids is 1. The summed E-state index contributed by atoms with van der Waals surface area (Å²) >= 11 is 1.60. The minimum atomic E-state index is -0.283. The third kappa shape index (κ3) is 2.94. The van der Waals surface area contributed by atoms with Crippen LogP contribution in [0.5, 0.6) is 0 Å². The van der Waals surface area contributed by atoms with E-state index in [1.807, 2.05) is 16.5 Å². The maximum atomic E-state index is 13.0. The predicted octanol–water partition coefficient (Wildman–Crippen LogP) is 2.60. The van der Waals surface area contributed by atoms with Crippen LogP contribution in [0.15, 0.2) is 42.0 Å². The number of hydrogen-bond acceptors (Lipinski definition) is 4. The van der Waals surface area contributed by atoms with Gasteiger partial charge in [-0.2, -0.15) is 5.10 Å². The first-order valence-electron chi connectivity index (χ1n) is 7.68. The second kappa shape index (κ2) is 6.16. The largest absolute Gasteiger partial charge is 0.337 e. The van der Waals surface area contributed by atoms with Gasteiger partial charge in [-0.25, -0.2) is 14.1 Å². The van der Waals surface area contributed by atoms with E-state index in [9.17, 15) is 9.18 Å². The molecular weight excluding hydrogens is 327 g/mol. The Bertz CT molecular complexity index is 871. The molecule has 0 saturated carbocycles. The van der Waals surface area contributed by atoms with Gasteiger partial charge in [-0.15, -0.1) is 11.3 Å². The number of amides is 1. The van der Waals surface area contributed by atoms with E-state index >= 15 is 0 Å². The van der Waals surface area contributed by atoms with Gasteiger partial charge in [0.05, 0.1) is 35.6 Å². The molecule has 0 N–H and O–H groups in total. The highest BCUT2D eigenvalue weighted by molar-refractivity contribution is 7.09. The number of fused-ring (bicyclic) bond motifs is 1. The number of aromatic nitrogens is 3. The van der Waals surface area contributed by atoms with E-state index in [2.05, 4.69) is 10.1 Å². The van der Waals surface area contributed by atoms with E-state index in [1.54, 1.807) is 34.3 Å². The van der Waals surface area contributed by atoms with Crippen LogP contribution in [-0.4, -0.2) is 32.1 Å². The van der Waals surface area contributed by atoms with Gasteiger partial charge in [0.2, 0.25) is 5.91 Å². The molecule has 3 aromatic rings. The van der Waals surface area contributed by atoms with Crippen LogP contribution in [0.1, 0.15) is 16.3 Å². The maximum Gasteiger partial charge on any atom is 0.228 e. The van der Waals surface area contributed by atoms with Crippen molar-refractivity contribution in [1.29, 1.82) is 0 Å². The van der Waals surface area contributed by atoms with Crippen LogP contribution in [0.2, 0.25) is 0 Å². The molecule has 1 amide bonds. The molecule has 1 aliphatic rings. The van der Waals surface area contributed by atoms with Crippen molar-refractivity contribution >= 4 is 17.2 Å². The molecule has 0 unspecified atom stereocenters. The SMILES string of the molecule is O=C(Cc1ccn(-c2ccc(F)cc2)n1)N1CCc2ncsc2C1. The number of halogens is 1. The lowest BCUT2D eigenvalue weighted by molar-refractivity contribution is -0.131. The fourth-order valence-electron chi connectivity index (χ4n) is 2.79. The second-order valence-electron chi connectivity index (χ2n) is 5.69. The highest BCUT2D eigenvalue weighted by atomic mass is 32.1. The average Bonchev–Trinajstić information content (AvgIpc) is 3.24. The van der Waals surface area contributed by atoms with Crippen molar-refractivity contribution in [2.24, 2.45) is 0 Å². The Hall–Kier alpha value is -2.54. The summed E-state index contributed by atoms with van der Waals surface area (Å²) in [7, 11) is 0. The minimum Gasteiger partial charge on any atom is -0.337 e. The molecule has 0 radical (unpaired) electrons. The Morgan fingerprint density at radius 1 is 1.25 bits per heavy atom. The molecule has 0 saturated heterocycles. The van der Waals surface area contributed by atoms with Crippen molar-refractivity contribution in [3.8, 4) is 5.69 Å². The van der Waals surface area contributed by atoms with E-state index in [0.29, 0.717) is 18.8 Å². The van der Waals surface area contributed by atoms with Crippen molar-refractivity contribution < 1.29 is 9.18 Å². The zero-order valence-electron chi connectivity index (χ0n) is 12.9. The fraction of sp³-hybridized carbons (Fsp3) is 0.235. The van der Waals surface area contributed by atoms with Crippen molar-refractivity contribution in [2.75, 3.05) is 6.54 Å². The molecule has 1 aromatic carbocycles. The first-order chi connectivity index (χ1) is 11.7. The first-order valence-corrected chi connectivity index (χ1v) is 8.56. The Balaban J connectivity index is 1.44. The monoisotopic (exact) mass is 342 g/mol. The minimum absolute atomic E-state index is 0.0680. The van der Waals surface area contributed by atoms with Crippen LogP contribution in [0.3, 0.4) is 0 Å². The molecule has 7 heteroatoms. The van der Waals surface area contributed by atoms with Gasteiger partial charge in [0.1, 0.15) is 5.82 Å². The number of thiazole rings is 1. The first kappa shape index (κ1) is 15.0. The highest BCUT2D eigenvalue weighted by Gasteiger charge is 2.23. The Morgan fingerprint density at radius 2 is 2.08 bits per heavy atom. The van der Waals surface area contributed by atoms with Crippen molar-refractivity contribution in [1.82, 2.24) is 19.7 Å². The summed E-state index contributed by atoms with van der Waals surface area (Å²) < 4.78 is 14.6. The fourth-order valence-corrected chi connectivity index (χ4v) is 3.62. The molecule has 0 bridgehead atoms. The van der Waals surface area contributed by atoms with E-state index in [-0.39, 0.29) is 18.1 Å². The summed E-state index contributed by atoms with van der Waals surface area (Å²) in [4.78, 5) is 19.8. The number of hydrogen-bond donors (Lipinski definition) is 0. The highest BCUT2D eigenvalue weighted by Crippen LogP contribution is 2.22. The molecule has 2 aromatic heterocycles. The van der Waals surface area contributed by atoms with Gasteiger partial charge >= 0.3 is 0 Å². The predicted molar refractivity (Wildman–Crippen MR) is 88.5 cm³/mol. The molecule has 0 spiro atoms. The summed E-state index contributed by atoms with van der Waals surface area (Å²) in [6, 6.07) is 7.92. The van der Waals surface area contributed by atoms with Gasteiger partial charge in [-0.05, 0) is 30.3 Å². The van der Waals surface area contributed by atoms with Gasteiger partial charge in [-0.3, -0.25) is 4.79 Å². The standard InChI is InChI=1S/C17H15FN4OS/c18-12-1-3-14(4-2-12)22-8-5-13(20-22)9-17(23)21-7-6-15-16(10-21)24-11-19-15/h1-5,8,11H,6-7,9-10H2. The van der Waals surface area contributed by atoms with Gasteiger partial charge in [-0.1, -0.05) is 0 Å². The van der Waals surface area contributed by atoms with Crippen molar-refractivity contribution in [3.05, 3.63) is 64.1 Å². The maximum absolute atomic E-state index is 13.0. The second-order valence-corrected chi connectivity index (χ2v) is 6.63. The van der Waals surface area contributed by atoms with Crippen LogP contribution in [-0.2, 0) is 24.2 Å². The third-order valence-corrected chi connectivity index (χ3v) is 4.96. The van der Waals surface area contributed by atoms with Crippen molar-refractivity contribution in [2.45, 2.75) is 19.4 Å². The summed E-state index contributed by atoms with van der Waals surface area (Å²) in [5, 5.41) is 4.42. The summed E-state index contributed by atoms with van der Waals surface area (Å²) in [5.41, 5.74) is 4.43. The average molecular weight is 342 g/mol. The zero-order chi connectivity index (χ0) is 16.5. The number of carbonyl (C=O) groups is 1. The van der Waals surface area contributed by atoms with Gasteiger partial charge in [0.15, 0.2) is 0 Å². The Labute approximate surface area is 142 Å². The molecule has 0 atom stereocenters. The molecular formula is C17H15FN4OS. The Morgan fingerprint density at radius 3 is 2.92 bits per heavy atom.